The van der Waals surface area contributed by atoms with Crippen LogP contribution in [0.15, 0.2) is 0 Å². The van der Waals surface area contributed by atoms with Crippen molar-refractivity contribution in [2.24, 2.45) is 17.1 Å². The van der Waals surface area contributed by atoms with E-state index in [1.165, 1.54) is 13.0 Å². The van der Waals surface area contributed by atoms with E-state index in [4.69, 9.17) is 11.0 Å². The van der Waals surface area contributed by atoms with Crippen molar-refractivity contribution >= 4 is 0 Å². The van der Waals surface area contributed by atoms with Gasteiger partial charge in [0.2, 0.25) is 0 Å². The van der Waals surface area contributed by atoms with Crippen molar-refractivity contribution in [2.45, 2.75) is 46.1 Å². The zero-order valence-electron chi connectivity index (χ0n) is 10.9. The molecule has 0 saturated carbocycles. The van der Waals surface area contributed by atoms with Gasteiger partial charge in [0.25, 0.3) is 0 Å². The molecule has 1 aliphatic rings. The van der Waals surface area contributed by atoms with Crippen LogP contribution in [0, 0.1) is 22.7 Å². The minimum atomic E-state index is -0.175. The SMILES string of the molecule is CC1CCN(CCCC(C)(C)C#N)CC1N. The maximum atomic E-state index is 8.92. The van der Waals surface area contributed by atoms with Gasteiger partial charge in [-0.1, -0.05) is 6.92 Å². The molecule has 1 heterocycles. The predicted octanol–water partition coefficient (Wildman–Crippen LogP) is 1.99. The normalized spacial score (nSPS) is 27.7. The summed E-state index contributed by atoms with van der Waals surface area (Å²) in [7, 11) is 0. The Hall–Kier alpha value is -0.590. The van der Waals surface area contributed by atoms with E-state index in [1.807, 2.05) is 13.8 Å². The van der Waals surface area contributed by atoms with Crippen molar-refractivity contribution in [3.05, 3.63) is 0 Å². The summed E-state index contributed by atoms with van der Waals surface area (Å²) in [6.45, 7) is 9.54. The van der Waals surface area contributed by atoms with Crippen LogP contribution in [0.1, 0.15) is 40.0 Å². The van der Waals surface area contributed by atoms with E-state index in [-0.39, 0.29) is 5.41 Å². The Kier molecular flexibility index (Phi) is 4.76. The standard InChI is InChI=1S/C13H25N3/c1-11-5-8-16(9-12(11)15)7-4-6-13(2,3)10-14/h11-12H,4-9,15H2,1-3H3. The average Bonchev–Trinajstić information content (AvgIpc) is 2.23. The molecule has 2 N–H and O–H groups in total. The van der Waals surface area contributed by atoms with Gasteiger partial charge >= 0.3 is 0 Å². The quantitative estimate of drug-likeness (QED) is 0.793. The highest BCUT2D eigenvalue weighted by atomic mass is 15.1. The molecule has 0 aromatic rings. The Morgan fingerprint density at radius 3 is 2.75 bits per heavy atom. The van der Waals surface area contributed by atoms with E-state index in [0.717, 1.165) is 25.9 Å². The molecule has 0 bridgehead atoms. The smallest absolute Gasteiger partial charge is 0.0683 e. The van der Waals surface area contributed by atoms with E-state index >= 15 is 0 Å². The lowest BCUT2D eigenvalue weighted by Crippen LogP contribution is -2.47. The summed E-state index contributed by atoms with van der Waals surface area (Å²) in [5.41, 5.74) is 5.88. The Morgan fingerprint density at radius 2 is 2.19 bits per heavy atom. The lowest BCUT2D eigenvalue weighted by atomic mass is 9.89. The highest BCUT2D eigenvalue weighted by Crippen LogP contribution is 2.22. The summed E-state index contributed by atoms with van der Waals surface area (Å²) in [4.78, 5) is 2.44. The number of rotatable bonds is 4. The minimum absolute atomic E-state index is 0.175. The van der Waals surface area contributed by atoms with Crippen LogP contribution in [0.5, 0.6) is 0 Å². The summed E-state index contributed by atoms with van der Waals surface area (Å²) in [6.07, 6.45) is 3.29. The molecular weight excluding hydrogens is 198 g/mol. The van der Waals surface area contributed by atoms with Crippen molar-refractivity contribution in [1.29, 1.82) is 5.26 Å². The molecule has 1 aliphatic heterocycles. The number of piperidine rings is 1. The van der Waals surface area contributed by atoms with Crippen molar-refractivity contribution in [1.82, 2.24) is 4.90 Å². The number of nitriles is 1. The number of hydrogen-bond acceptors (Lipinski definition) is 3. The summed E-state index contributed by atoms with van der Waals surface area (Å²) >= 11 is 0. The minimum Gasteiger partial charge on any atom is -0.326 e. The van der Waals surface area contributed by atoms with Gasteiger partial charge in [0, 0.05) is 12.6 Å². The van der Waals surface area contributed by atoms with Gasteiger partial charge in [0.1, 0.15) is 0 Å². The average molecular weight is 223 g/mol. The number of nitrogens with two attached hydrogens (primary N) is 1. The molecule has 1 rings (SSSR count). The number of nitrogens with zero attached hydrogens (tertiary/aromatic N) is 2. The van der Waals surface area contributed by atoms with Crippen LogP contribution >= 0.6 is 0 Å². The first-order valence-corrected chi connectivity index (χ1v) is 6.34. The van der Waals surface area contributed by atoms with Gasteiger partial charge in [-0.15, -0.1) is 0 Å². The third-order valence-corrected chi connectivity index (χ3v) is 3.68. The second-order valence-corrected chi connectivity index (χ2v) is 5.83. The summed E-state index contributed by atoms with van der Waals surface area (Å²) in [6, 6.07) is 2.68. The molecule has 0 amide bonds. The Labute approximate surface area is 99.6 Å². The molecule has 2 atom stereocenters. The van der Waals surface area contributed by atoms with Crippen LogP contribution in [0.25, 0.3) is 0 Å². The van der Waals surface area contributed by atoms with Crippen molar-refractivity contribution in [3.8, 4) is 6.07 Å². The molecule has 1 saturated heterocycles. The van der Waals surface area contributed by atoms with E-state index < -0.39 is 0 Å². The third kappa shape index (κ3) is 4.11. The maximum absolute atomic E-state index is 8.92. The van der Waals surface area contributed by atoms with Crippen LogP contribution in [-0.4, -0.2) is 30.6 Å². The third-order valence-electron chi connectivity index (χ3n) is 3.68. The van der Waals surface area contributed by atoms with Gasteiger partial charge in [0.15, 0.2) is 0 Å². The van der Waals surface area contributed by atoms with Gasteiger partial charge in [0.05, 0.1) is 11.5 Å². The molecule has 0 aromatic carbocycles. The predicted molar refractivity (Wildman–Crippen MR) is 66.8 cm³/mol. The van der Waals surface area contributed by atoms with Gasteiger partial charge < -0.3 is 10.6 Å². The molecule has 92 valence electrons. The Bertz CT molecular complexity index is 254. The number of hydrogen-bond donors (Lipinski definition) is 1. The largest absolute Gasteiger partial charge is 0.326 e. The van der Waals surface area contributed by atoms with E-state index in [9.17, 15) is 0 Å². The maximum Gasteiger partial charge on any atom is 0.0683 e. The molecule has 3 nitrogen and oxygen atoms in total. The topological polar surface area (TPSA) is 53.0 Å². The Balaban J connectivity index is 2.22. The van der Waals surface area contributed by atoms with Crippen LogP contribution in [0.2, 0.25) is 0 Å². The molecule has 0 aliphatic carbocycles. The molecule has 0 aromatic heterocycles. The van der Waals surface area contributed by atoms with E-state index in [1.54, 1.807) is 0 Å². The molecule has 16 heavy (non-hydrogen) atoms. The summed E-state index contributed by atoms with van der Waals surface area (Å²) in [5.74, 6) is 0.659. The summed E-state index contributed by atoms with van der Waals surface area (Å²) < 4.78 is 0. The lowest BCUT2D eigenvalue weighted by Gasteiger charge is -2.35. The van der Waals surface area contributed by atoms with Crippen LogP contribution in [-0.2, 0) is 0 Å². The van der Waals surface area contributed by atoms with Crippen molar-refractivity contribution in [2.75, 3.05) is 19.6 Å². The summed E-state index contributed by atoms with van der Waals surface area (Å²) in [5, 5.41) is 8.92. The first-order valence-electron chi connectivity index (χ1n) is 6.34. The first-order chi connectivity index (χ1) is 7.44. The number of likely N-dealkylation sites (tertiary alicyclic amines) is 1. The van der Waals surface area contributed by atoms with Crippen LogP contribution in [0.3, 0.4) is 0 Å². The van der Waals surface area contributed by atoms with Gasteiger partial charge in [-0.3, -0.25) is 0 Å². The highest BCUT2D eigenvalue weighted by Gasteiger charge is 2.23. The van der Waals surface area contributed by atoms with E-state index in [0.29, 0.717) is 12.0 Å². The Morgan fingerprint density at radius 1 is 1.50 bits per heavy atom. The first kappa shape index (κ1) is 13.5. The fourth-order valence-electron chi connectivity index (χ4n) is 2.17. The zero-order chi connectivity index (χ0) is 12.2. The highest BCUT2D eigenvalue weighted by molar-refractivity contribution is 4.91. The van der Waals surface area contributed by atoms with Gasteiger partial charge in [-0.05, 0) is 52.1 Å². The molecule has 0 spiro atoms. The monoisotopic (exact) mass is 223 g/mol. The van der Waals surface area contributed by atoms with Crippen molar-refractivity contribution < 1.29 is 0 Å². The van der Waals surface area contributed by atoms with Crippen LogP contribution < -0.4 is 5.73 Å². The van der Waals surface area contributed by atoms with Crippen LogP contribution in [0.4, 0.5) is 0 Å². The molecule has 0 radical (unpaired) electrons. The molecule has 1 fully saturated rings. The second-order valence-electron chi connectivity index (χ2n) is 5.83. The van der Waals surface area contributed by atoms with Crippen molar-refractivity contribution in [3.63, 3.8) is 0 Å². The molecule has 2 unspecified atom stereocenters. The zero-order valence-corrected chi connectivity index (χ0v) is 10.9. The molecule has 3 heteroatoms. The second kappa shape index (κ2) is 5.65. The fraction of sp³-hybridized carbons (Fsp3) is 0.923. The van der Waals surface area contributed by atoms with E-state index in [2.05, 4.69) is 17.9 Å². The molecular formula is C13H25N3. The van der Waals surface area contributed by atoms with Gasteiger partial charge in [-0.25, -0.2) is 0 Å². The lowest BCUT2D eigenvalue weighted by molar-refractivity contribution is 0.163. The fourth-order valence-corrected chi connectivity index (χ4v) is 2.17. The van der Waals surface area contributed by atoms with Gasteiger partial charge in [-0.2, -0.15) is 5.26 Å².